The minimum absolute atomic E-state index is 0.0187. The molecule has 0 N–H and O–H groups in total. The number of carbonyl (C=O) groups is 1. The summed E-state index contributed by atoms with van der Waals surface area (Å²) in [7, 11) is 1.62. The zero-order valence-corrected chi connectivity index (χ0v) is 15.8. The van der Waals surface area contributed by atoms with Crippen LogP contribution < -0.4 is 4.74 Å². The van der Waals surface area contributed by atoms with E-state index < -0.39 is 0 Å². The number of ether oxygens (including phenoxy) is 1. The van der Waals surface area contributed by atoms with Crippen LogP contribution in [0.2, 0.25) is 0 Å². The van der Waals surface area contributed by atoms with Crippen molar-refractivity contribution in [3.05, 3.63) is 44.1 Å². The van der Waals surface area contributed by atoms with Gasteiger partial charge in [-0.05, 0) is 57.8 Å². The lowest BCUT2D eigenvalue weighted by molar-refractivity contribution is 0.102. The lowest BCUT2D eigenvalue weighted by Gasteiger charge is -2.14. The van der Waals surface area contributed by atoms with Crippen LogP contribution in [0.15, 0.2) is 27.1 Å². The topological polar surface area (TPSA) is 31.2 Å². The van der Waals surface area contributed by atoms with Crippen molar-refractivity contribution in [3.8, 4) is 11.4 Å². The van der Waals surface area contributed by atoms with Crippen molar-refractivity contribution in [2.45, 2.75) is 13.8 Å². The van der Waals surface area contributed by atoms with E-state index in [1.165, 1.54) is 0 Å². The van der Waals surface area contributed by atoms with Gasteiger partial charge >= 0.3 is 0 Å². The highest BCUT2D eigenvalue weighted by Crippen LogP contribution is 2.35. The first-order chi connectivity index (χ1) is 9.90. The Labute approximate surface area is 145 Å². The van der Waals surface area contributed by atoms with E-state index in [-0.39, 0.29) is 11.7 Å². The van der Waals surface area contributed by atoms with Gasteiger partial charge in [0.05, 0.1) is 23.1 Å². The number of benzene rings is 1. The van der Waals surface area contributed by atoms with Gasteiger partial charge in [0.15, 0.2) is 5.78 Å². The summed E-state index contributed by atoms with van der Waals surface area (Å²) in [6.45, 7) is 3.87. The van der Waals surface area contributed by atoms with Crippen LogP contribution in [-0.4, -0.2) is 23.3 Å². The molecule has 0 amide bonds. The van der Waals surface area contributed by atoms with Gasteiger partial charge in [0.25, 0.3) is 0 Å². The highest BCUT2D eigenvalue weighted by atomic mass is 79.9. The molecule has 0 atom stereocenters. The van der Waals surface area contributed by atoms with Crippen molar-refractivity contribution in [3.63, 3.8) is 0 Å². The molecule has 0 bridgehead atoms. The highest BCUT2D eigenvalue weighted by Gasteiger charge is 2.18. The maximum absolute atomic E-state index is 11.9. The molecule has 0 aliphatic rings. The third-order valence-corrected chi connectivity index (χ3v) is 4.81. The molecule has 0 saturated carbocycles. The van der Waals surface area contributed by atoms with Gasteiger partial charge in [-0.3, -0.25) is 4.79 Å². The molecule has 6 heteroatoms. The Balaban J connectivity index is 2.68. The van der Waals surface area contributed by atoms with Gasteiger partial charge in [-0.1, -0.05) is 0 Å². The lowest BCUT2D eigenvalue weighted by atomic mass is 10.2. The van der Waals surface area contributed by atoms with Crippen molar-refractivity contribution in [2.75, 3.05) is 13.0 Å². The van der Waals surface area contributed by atoms with E-state index in [4.69, 9.17) is 16.3 Å². The van der Waals surface area contributed by atoms with Crippen LogP contribution in [0.1, 0.15) is 21.7 Å². The molecule has 0 unspecified atom stereocenters. The second-order valence-electron chi connectivity index (χ2n) is 4.62. The molecule has 1 heterocycles. The van der Waals surface area contributed by atoms with Crippen LogP contribution in [0, 0.1) is 13.8 Å². The van der Waals surface area contributed by atoms with Crippen LogP contribution >= 0.6 is 43.5 Å². The van der Waals surface area contributed by atoms with Gasteiger partial charge in [-0.15, -0.1) is 11.6 Å². The van der Waals surface area contributed by atoms with Crippen molar-refractivity contribution >= 4 is 49.2 Å². The summed E-state index contributed by atoms with van der Waals surface area (Å²) in [5, 5.41) is 0. The molecule has 112 valence electrons. The zero-order chi connectivity index (χ0) is 15.7. The maximum Gasteiger partial charge on any atom is 0.179 e. The molecule has 0 spiro atoms. The van der Waals surface area contributed by atoms with E-state index in [9.17, 15) is 4.79 Å². The smallest absolute Gasteiger partial charge is 0.179 e. The van der Waals surface area contributed by atoms with Gasteiger partial charge in [0, 0.05) is 27.5 Å². The summed E-state index contributed by atoms with van der Waals surface area (Å²) in [6, 6.07) is 5.71. The number of ketones is 1. The summed E-state index contributed by atoms with van der Waals surface area (Å²) in [6.07, 6.45) is 0. The fourth-order valence-electron chi connectivity index (χ4n) is 2.33. The third-order valence-electron chi connectivity index (χ3n) is 3.32. The monoisotopic (exact) mass is 433 g/mol. The van der Waals surface area contributed by atoms with Gasteiger partial charge in [-0.2, -0.15) is 0 Å². The fourth-order valence-corrected chi connectivity index (χ4v) is 3.81. The minimum Gasteiger partial charge on any atom is -0.495 e. The van der Waals surface area contributed by atoms with E-state index in [0.29, 0.717) is 5.56 Å². The average molecular weight is 436 g/mol. The Morgan fingerprint density at radius 2 is 1.90 bits per heavy atom. The summed E-state index contributed by atoms with van der Waals surface area (Å²) in [5.74, 6) is 0.636. The first-order valence-corrected chi connectivity index (χ1v) is 8.34. The second-order valence-corrected chi connectivity index (χ2v) is 6.59. The third kappa shape index (κ3) is 3.05. The Hall–Kier alpha value is -0.780. The van der Waals surface area contributed by atoms with E-state index in [2.05, 4.69) is 31.9 Å². The highest BCUT2D eigenvalue weighted by molar-refractivity contribution is 9.11. The quantitative estimate of drug-likeness (QED) is 0.497. The molecule has 0 aliphatic heterocycles. The van der Waals surface area contributed by atoms with Gasteiger partial charge in [0.2, 0.25) is 0 Å². The minimum atomic E-state index is -0.0729. The predicted molar refractivity (Wildman–Crippen MR) is 92.2 cm³/mol. The number of hydrogen-bond donors (Lipinski definition) is 0. The molecule has 0 radical (unpaired) electrons. The van der Waals surface area contributed by atoms with Crippen molar-refractivity contribution in [1.82, 2.24) is 4.57 Å². The molecule has 21 heavy (non-hydrogen) atoms. The standard InChI is InChI=1S/C15H14Br2ClNO2/c1-8-4-10(14(20)7-18)9(2)19(8)13-6-15(21-3)12(17)5-11(13)16/h4-6H,7H2,1-3H3. The Morgan fingerprint density at radius 3 is 2.48 bits per heavy atom. The van der Waals surface area contributed by atoms with Crippen LogP contribution in [-0.2, 0) is 0 Å². The molecular formula is C15H14Br2ClNO2. The van der Waals surface area contributed by atoms with Crippen LogP contribution in [0.5, 0.6) is 5.75 Å². The first-order valence-electron chi connectivity index (χ1n) is 6.22. The van der Waals surface area contributed by atoms with E-state index in [0.717, 1.165) is 31.8 Å². The molecular weight excluding hydrogens is 421 g/mol. The SMILES string of the molecule is COc1cc(-n2c(C)cc(C(=O)CCl)c2C)c(Br)cc1Br. The largest absolute Gasteiger partial charge is 0.495 e. The zero-order valence-electron chi connectivity index (χ0n) is 11.8. The molecule has 0 fully saturated rings. The van der Waals surface area contributed by atoms with Gasteiger partial charge < -0.3 is 9.30 Å². The number of methoxy groups -OCH3 is 1. The fraction of sp³-hybridized carbons (Fsp3) is 0.267. The molecule has 1 aromatic carbocycles. The molecule has 0 saturated heterocycles. The van der Waals surface area contributed by atoms with E-state index in [1.54, 1.807) is 7.11 Å². The molecule has 1 aromatic heterocycles. The summed E-state index contributed by atoms with van der Waals surface area (Å²) >= 11 is 12.7. The number of hydrogen-bond acceptors (Lipinski definition) is 2. The van der Waals surface area contributed by atoms with Gasteiger partial charge in [-0.25, -0.2) is 0 Å². The lowest BCUT2D eigenvalue weighted by Crippen LogP contribution is -2.05. The summed E-state index contributed by atoms with van der Waals surface area (Å²) < 4.78 is 9.13. The van der Waals surface area contributed by atoms with E-state index in [1.807, 2.05) is 36.6 Å². The summed E-state index contributed by atoms with van der Waals surface area (Å²) in [5.41, 5.74) is 3.39. The number of halogens is 3. The van der Waals surface area contributed by atoms with Crippen LogP contribution in [0.25, 0.3) is 5.69 Å². The molecule has 2 aromatic rings. The number of rotatable bonds is 4. The molecule has 0 aliphatic carbocycles. The maximum atomic E-state index is 11.9. The Kier molecular flexibility index (Phi) is 5.17. The number of aromatic nitrogens is 1. The summed E-state index contributed by atoms with van der Waals surface area (Å²) in [4.78, 5) is 11.9. The van der Waals surface area contributed by atoms with Crippen LogP contribution in [0.3, 0.4) is 0 Å². The number of carbonyl (C=O) groups excluding carboxylic acids is 1. The Morgan fingerprint density at radius 1 is 1.24 bits per heavy atom. The average Bonchev–Trinajstić information content (AvgIpc) is 2.74. The second kappa shape index (κ2) is 6.55. The van der Waals surface area contributed by atoms with Gasteiger partial charge in [0.1, 0.15) is 5.75 Å². The number of aryl methyl sites for hydroxylation is 1. The van der Waals surface area contributed by atoms with Crippen LogP contribution in [0.4, 0.5) is 0 Å². The number of nitrogens with zero attached hydrogens (tertiary/aromatic N) is 1. The number of alkyl halides is 1. The Bertz CT molecular complexity index is 710. The molecule has 2 rings (SSSR count). The number of Topliss-reactive ketones (excluding diaryl/α,β-unsaturated/α-hetero) is 1. The molecule has 3 nitrogen and oxygen atoms in total. The normalized spacial score (nSPS) is 10.8. The van der Waals surface area contributed by atoms with Crippen molar-refractivity contribution in [1.29, 1.82) is 0 Å². The van der Waals surface area contributed by atoms with Crippen molar-refractivity contribution in [2.24, 2.45) is 0 Å². The van der Waals surface area contributed by atoms with Crippen molar-refractivity contribution < 1.29 is 9.53 Å². The van der Waals surface area contributed by atoms with E-state index >= 15 is 0 Å². The first kappa shape index (κ1) is 16.6. The predicted octanol–water partition coefficient (Wildman–Crippen LogP) is 5.05.